The molecule has 3 aromatic rings. The summed E-state index contributed by atoms with van der Waals surface area (Å²) in [6.07, 6.45) is -0.795. The van der Waals surface area contributed by atoms with Crippen LogP contribution >= 0.6 is 0 Å². The van der Waals surface area contributed by atoms with Gasteiger partial charge in [0.25, 0.3) is 5.56 Å². The number of halogens is 3. The van der Waals surface area contributed by atoms with Crippen molar-refractivity contribution in [3.8, 4) is 11.1 Å². The Morgan fingerprint density at radius 1 is 1.00 bits per heavy atom. The fourth-order valence-electron chi connectivity index (χ4n) is 5.74. The van der Waals surface area contributed by atoms with Gasteiger partial charge in [-0.15, -0.1) is 0 Å². The van der Waals surface area contributed by atoms with Gasteiger partial charge in [0, 0.05) is 37.2 Å². The van der Waals surface area contributed by atoms with Crippen LogP contribution in [0.4, 0.5) is 13.2 Å². The summed E-state index contributed by atoms with van der Waals surface area (Å²) in [5.41, 5.74) is 2.91. The molecule has 2 heterocycles. The second-order valence-electron chi connectivity index (χ2n) is 12.6. The average Bonchev–Trinajstić information content (AvgIpc) is 2.93. The van der Waals surface area contributed by atoms with Crippen molar-refractivity contribution in [2.75, 3.05) is 19.6 Å². The number of carboxylic acids is 1. The van der Waals surface area contributed by atoms with Gasteiger partial charge in [0.1, 0.15) is 23.8 Å². The third-order valence-electron chi connectivity index (χ3n) is 8.22. The summed E-state index contributed by atoms with van der Waals surface area (Å²) in [4.78, 5) is 41.2. The highest BCUT2D eigenvalue weighted by Gasteiger charge is 2.31. The van der Waals surface area contributed by atoms with Gasteiger partial charge in [-0.25, -0.2) is 17.9 Å². The Labute approximate surface area is 261 Å². The van der Waals surface area contributed by atoms with E-state index in [4.69, 9.17) is 0 Å². The van der Waals surface area contributed by atoms with Crippen LogP contribution in [0.15, 0.2) is 35.1 Å². The zero-order valence-corrected chi connectivity index (χ0v) is 26.6. The van der Waals surface area contributed by atoms with Crippen LogP contribution in [-0.4, -0.2) is 57.5 Å². The Bertz CT molecular complexity index is 1650. The van der Waals surface area contributed by atoms with Crippen molar-refractivity contribution in [3.63, 3.8) is 0 Å². The molecule has 242 valence electrons. The van der Waals surface area contributed by atoms with Gasteiger partial charge in [-0.05, 0) is 98.2 Å². The molecule has 0 spiro atoms. The second-order valence-corrected chi connectivity index (χ2v) is 12.6. The molecule has 0 bridgehead atoms. The number of rotatable bonds is 12. The third kappa shape index (κ3) is 8.00. The predicted octanol–water partition coefficient (Wildman–Crippen LogP) is 5.54. The summed E-state index contributed by atoms with van der Waals surface area (Å²) in [6, 6.07) is 5.41. The molecule has 11 heteroatoms. The molecule has 2 N–H and O–H groups in total. The third-order valence-corrected chi connectivity index (χ3v) is 8.22. The Morgan fingerprint density at radius 3 is 2.31 bits per heavy atom. The molecule has 2 atom stereocenters. The summed E-state index contributed by atoms with van der Waals surface area (Å²) in [5, 5.41) is 17.0. The van der Waals surface area contributed by atoms with Gasteiger partial charge in [-0.1, -0.05) is 13.8 Å². The van der Waals surface area contributed by atoms with Crippen molar-refractivity contribution in [1.82, 2.24) is 20.0 Å². The van der Waals surface area contributed by atoms with E-state index in [0.29, 0.717) is 59.6 Å². The first-order chi connectivity index (χ1) is 21.1. The van der Waals surface area contributed by atoms with Crippen LogP contribution in [0.3, 0.4) is 0 Å². The number of nitrogens with one attached hydrogen (secondary N) is 1. The van der Waals surface area contributed by atoms with E-state index in [-0.39, 0.29) is 29.3 Å². The zero-order chi connectivity index (χ0) is 33.2. The number of carbonyl (C=O) groups excluding carboxylic acids is 1. The Balaban J connectivity index is 1.71. The lowest BCUT2D eigenvalue weighted by Gasteiger charge is -2.34. The van der Waals surface area contributed by atoms with E-state index in [1.807, 2.05) is 18.7 Å². The maximum absolute atomic E-state index is 15.7. The summed E-state index contributed by atoms with van der Waals surface area (Å²) >= 11 is 0. The minimum atomic E-state index is -1.27. The number of alkyl halides is 1. The number of aryl methyl sites for hydroxylation is 4. The first kappa shape index (κ1) is 33.9. The Hall–Kier alpha value is -3.99. The van der Waals surface area contributed by atoms with Crippen LogP contribution in [0.25, 0.3) is 11.1 Å². The molecule has 4 rings (SSSR count). The normalized spacial score (nSPS) is 15.2. The second kappa shape index (κ2) is 14.0. The highest BCUT2D eigenvalue weighted by atomic mass is 19.1. The highest BCUT2D eigenvalue weighted by molar-refractivity contribution is 5.82. The molecule has 1 aliphatic heterocycles. The highest BCUT2D eigenvalue weighted by Crippen LogP contribution is 2.33. The molecular weight excluding hydrogens is 585 g/mol. The van der Waals surface area contributed by atoms with Crippen molar-refractivity contribution in [3.05, 3.63) is 85.8 Å². The number of carbonyl (C=O) groups is 2. The molecule has 1 aliphatic rings. The largest absolute Gasteiger partial charge is 0.481 e. The van der Waals surface area contributed by atoms with Crippen LogP contribution in [0.5, 0.6) is 0 Å². The van der Waals surface area contributed by atoms with Gasteiger partial charge in [-0.2, -0.15) is 5.10 Å². The molecule has 1 aromatic heterocycles. The summed E-state index contributed by atoms with van der Waals surface area (Å²) in [6.45, 7) is 11.5. The van der Waals surface area contributed by atoms with Gasteiger partial charge in [-0.3, -0.25) is 19.3 Å². The summed E-state index contributed by atoms with van der Waals surface area (Å²) < 4.78 is 44.3. The van der Waals surface area contributed by atoms with Crippen LogP contribution in [0, 0.1) is 45.2 Å². The minimum Gasteiger partial charge on any atom is -0.481 e. The van der Waals surface area contributed by atoms with Crippen molar-refractivity contribution in [2.24, 2.45) is 5.92 Å². The maximum Gasteiger partial charge on any atom is 0.305 e. The van der Waals surface area contributed by atoms with Gasteiger partial charge in [0.2, 0.25) is 5.91 Å². The SMILES string of the molecule is Cc1cc(-c2cc(C)c(F)c([C@H](CC(=O)O)NC(=O)[C@H](CC(C)C)n3nc(CCN4CC(F)C4)cc(C)c3=O)c2)c(C)cc1F. The average molecular weight is 627 g/mol. The van der Waals surface area contributed by atoms with Gasteiger partial charge in [0.15, 0.2) is 0 Å². The van der Waals surface area contributed by atoms with Crippen molar-refractivity contribution in [2.45, 2.75) is 79.1 Å². The number of nitrogens with zero attached hydrogens (tertiary/aromatic N) is 3. The Kier molecular flexibility index (Phi) is 10.5. The van der Waals surface area contributed by atoms with E-state index in [2.05, 4.69) is 10.4 Å². The number of hydrogen-bond acceptors (Lipinski definition) is 5. The van der Waals surface area contributed by atoms with Gasteiger partial charge >= 0.3 is 5.97 Å². The molecule has 0 aliphatic carbocycles. The molecule has 45 heavy (non-hydrogen) atoms. The first-order valence-corrected chi connectivity index (χ1v) is 15.2. The molecule has 8 nitrogen and oxygen atoms in total. The molecule has 0 unspecified atom stereocenters. The number of likely N-dealkylation sites (tertiary alicyclic amines) is 1. The van der Waals surface area contributed by atoms with Gasteiger partial charge in [0.05, 0.1) is 18.2 Å². The smallest absolute Gasteiger partial charge is 0.305 e. The van der Waals surface area contributed by atoms with Crippen LogP contribution < -0.4 is 10.9 Å². The number of carboxylic acid groups (broad SMARTS) is 1. The standard InChI is InChI=1S/C34H41F3N4O4/c1-18(2)9-30(41-34(45)22(6)11-25(39-41)7-8-40-16-24(35)17-40)33(44)38-29(15-31(42)43)27-14-23(10-21(5)32(27)37)26-12-20(4)28(36)13-19(26)3/h10-14,18,24,29-30H,7-9,15-17H2,1-6H3,(H,38,44)(H,42,43)/t29-,30-/m0/s1. The zero-order valence-electron chi connectivity index (χ0n) is 26.6. The van der Waals surface area contributed by atoms with Crippen LogP contribution in [0.1, 0.15) is 72.3 Å². The maximum atomic E-state index is 15.7. The van der Waals surface area contributed by atoms with E-state index in [1.165, 1.54) is 12.1 Å². The van der Waals surface area contributed by atoms with Crippen molar-refractivity contribution >= 4 is 11.9 Å². The molecule has 1 fully saturated rings. The molecule has 0 saturated carbocycles. The van der Waals surface area contributed by atoms with Gasteiger partial charge < -0.3 is 10.4 Å². The fraction of sp³-hybridized carbons (Fsp3) is 0.471. The monoisotopic (exact) mass is 626 g/mol. The number of hydrogen-bond donors (Lipinski definition) is 2. The molecule has 1 saturated heterocycles. The minimum absolute atomic E-state index is 0.0311. The Morgan fingerprint density at radius 2 is 1.69 bits per heavy atom. The lowest BCUT2D eigenvalue weighted by molar-refractivity contribution is -0.138. The van der Waals surface area contributed by atoms with Crippen molar-refractivity contribution in [1.29, 1.82) is 0 Å². The number of aromatic nitrogens is 2. The quantitative estimate of drug-likeness (QED) is 0.274. The molecule has 1 amide bonds. The lowest BCUT2D eigenvalue weighted by Crippen LogP contribution is -2.49. The van der Waals surface area contributed by atoms with Crippen LogP contribution in [0.2, 0.25) is 0 Å². The number of benzene rings is 2. The van der Waals surface area contributed by atoms with Crippen molar-refractivity contribution < 1.29 is 27.9 Å². The summed E-state index contributed by atoms with van der Waals surface area (Å²) in [7, 11) is 0. The predicted molar refractivity (Wildman–Crippen MR) is 166 cm³/mol. The molecular formula is C34H41F3N4O4. The van der Waals surface area contributed by atoms with E-state index < -0.39 is 47.9 Å². The first-order valence-electron chi connectivity index (χ1n) is 15.2. The molecule has 0 radical (unpaired) electrons. The van der Waals surface area contributed by atoms with E-state index in [9.17, 15) is 28.3 Å². The summed E-state index contributed by atoms with van der Waals surface area (Å²) in [5.74, 6) is -3.02. The number of aliphatic carboxylic acids is 1. The number of amides is 1. The molecule has 2 aromatic carbocycles. The fourth-order valence-corrected chi connectivity index (χ4v) is 5.74. The lowest BCUT2D eigenvalue weighted by atomic mass is 9.91. The van der Waals surface area contributed by atoms with E-state index >= 15 is 4.39 Å². The van der Waals surface area contributed by atoms with E-state index in [1.54, 1.807) is 45.9 Å². The topological polar surface area (TPSA) is 105 Å². The van der Waals surface area contributed by atoms with Crippen LogP contribution in [-0.2, 0) is 16.0 Å². The van der Waals surface area contributed by atoms with E-state index in [0.717, 1.165) is 4.68 Å².